The molecule has 0 radical (unpaired) electrons. The molecule has 1 aromatic carbocycles. The quantitative estimate of drug-likeness (QED) is 0.869. The summed E-state index contributed by atoms with van der Waals surface area (Å²) in [6.07, 6.45) is 0.660. The Balaban J connectivity index is 2.36. The summed E-state index contributed by atoms with van der Waals surface area (Å²) in [5.41, 5.74) is 1.72. The van der Waals surface area contributed by atoms with E-state index in [1.165, 1.54) is 4.90 Å². The number of hydrogen-bond donors (Lipinski definition) is 1. The third-order valence-electron chi connectivity index (χ3n) is 3.85. The molecule has 0 aliphatic rings. The molecule has 6 nitrogen and oxygen atoms in total. The number of rotatable bonds is 6. The van der Waals surface area contributed by atoms with Crippen molar-refractivity contribution in [3.63, 3.8) is 0 Å². The molecule has 7 heteroatoms. The second-order valence-corrected chi connectivity index (χ2v) is 6.08. The molecule has 1 aromatic heterocycles. The molecule has 1 atom stereocenters. The first-order chi connectivity index (χ1) is 11.3. The number of aromatic nitrogens is 2. The number of carboxylic acid groups (broad SMARTS) is 1. The third-order valence-corrected chi connectivity index (χ3v) is 4.08. The van der Waals surface area contributed by atoms with Gasteiger partial charge in [0.25, 0.3) is 5.91 Å². The molecule has 0 fully saturated rings. The molecule has 0 spiro atoms. The van der Waals surface area contributed by atoms with Gasteiger partial charge in [-0.15, -0.1) is 0 Å². The molecule has 24 heavy (non-hydrogen) atoms. The molecule has 1 amide bonds. The second-order valence-electron chi connectivity index (χ2n) is 5.65. The molecule has 128 valence electrons. The predicted octanol–water partition coefficient (Wildman–Crippen LogP) is 3.16. The van der Waals surface area contributed by atoms with Gasteiger partial charge in [0.2, 0.25) is 0 Å². The van der Waals surface area contributed by atoms with Crippen LogP contribution in [0.15, 0.2) is 30.3 Å². The van der Waals surface area contributed by atoms with Crippen molar-refractivity contribution in [2.24, 2.45) is 0 Å². The normalized spacial score (nSPS) is 12.0. The summed E-state index contributed by atoms with van der Waals surface area (Å²) in [6.45, 7) is 5.21. The summed E-state index contributed by atoms with van der Waals surface area (Å²) < 4.78 is 1.62. The molecule has 1 heterocycles. The average molecular weight is 350 g/mol. The topological polar surface area (TPSA) is 75.4 Å². The first-order valence-electron chi connectivity index (χ1n) is 7.68. The summed E-state index contributed by atoms with van der Waals surface area (Å²) in [5, 5.41) is 14.0. The van der Waals surface area contributed by atoms with E-state index in [1.807, 2.05) is 26.8 Å². The largest absolute Gasteiger partial charge is 0.480 e. The SMILES string of the molecule is CCC(C)N(CC(=O)O)C(=O)c1cc(C)n(-c2cccc(Cl)c2)n1. The highest BCUT2D eigenvalue weighted by molar-refractivity contribution is 6.30. The standard InChI is InChI=1S/C17H20ClN3O3/c1-4-11(2)20(10-16(22)23)17(24)15-8-12(3)21(19-15)14-7-5-6-13(18)9-14/h5-9,11H,4,10H2,1-3H3,(H,22,23). The summed E-state index contributed by atoms with van der Waals surface area (Å²) in [6, 6.07) is 8.61. The Bertz CT molecular complexity index is 757. The van der Waals surface area contributed by atoms with Crippen molar-refractivity contribution >= 4 is 23.5 Å². The molecule has 0 aliphatic heterocycles. The third kappa shape index (κ3) is 3.94. The number of benzene rings is 1. The van der Waals surface area contributed by atoms with Gasteiger partial charge in [0.15, 0.2) is 5.69 Å². The molecule has 1 N–H and O–H groups in total. The van der Waals surface area contributed by atoms with Crippen LogP contribution < -0.4 is 0 Å². The van der Waals surface area contributed by atoms with Crippen LogP contribution in [0, 0.1) is 6.92 Å². The van der Waals surface area contributed by atoms with Crippen molar-refractivity contribution in [3.8, 4) is 5.69 Å². The van der Waals surface area contributed by atoms with E-state index >= 15 is 0 Å². The van der Waals surface area contributed by atoms with Crippen LogP contribution in [0.3, 0.4) is 0 Å². The van der Waals surface area contributed by atoms with Gasteiger partial charge in [0.05, 0.1) is 5.69 Å². The average Bonchev–Trinajstić information content (AvgIpc) is 2.93. The number of aliphatic carboxylic acids is 1. The highest BCUT2D eigenvalue weighted by atomic mass is 35.5. The molecular formula is C17H20ClN3O3. The number of nitrogens with zero attached hydrogens (tertiary/aromatic N) is 3. The number of carbonyl (C=O) groups is 2. The highest BCUT2D eigenvalue weighted by Gasteiger charge is 2.25. The Labute approximate surface area is 145 Å². The van der Waals surface area contributed by atoms with Crippen LogP contribution in [-0.4, -0.2) is 44.3 Å². The van der Waals surface area contributed by atoms with Gasteiger partial charge in [-0.1, -0.05) is 24.6 Å². The monoisotopic (exact) mass is 349 g/mol. The van der Waals surface area contributed by atoms with E-state index in [9.17, 15) is 9.59 Å². The van der Waals surface area contributed by atoms with Gasteiger partial charge >= 0.3 is 5.97 Å². The molecule has 2 rings (SSSR count). The van der Waals surface area contributed by atoms with Gasteiger partial charge in [-0.2, -0.15) is 5.10 Å². The van der Waals surface area contributed by atoms with Crippen LogP contribution >= 0.6 is 11.6 Å². The molecule has 0 bridgehead atoms. The minimum absolute atomic E-state index is 0.190. The number of aryl methyl sites for hydroxylation is 1. The number of amides is 1. The van der Waals surface area contributed by atoms with E-state index < -0.39 is 11.9 Å². The van der Waals surface area contributed by atoms with Gasteiger partial charge in [0, 0.05) is 16.8 Å². The minimum atomic E-state index is -1.05. The summed E-state index contributed by atoms with van der Waals surface area (Å²) in [5.74, 6) is -1.44. The zero-order valence-electron chi connectivity index (χ0n) is 13.9. The minimum Gasteiger partial charge on any atom is -0.480 e. The fourth-order valence-corrected chi connectivity index (χ4v) is 2.57. The number of halogens is 1. The zero-order chi connectivity index (χ0) is 17.9. The van der Waals surface area contributed by atoms with Crippen LogP contribution in [0.1, 0.15) is 36.5 Å². The van der Waals surface area contributed by atoms with Gasteiger partial charge in [-0.25, -0.2) is 4.68 Å². The Morgan fingerprint density at radius 1 is 1.38 bits per heavy atom. The van der Waals surface area contributed by atoms with Crippen LogP contribution in [0.5, 0.6) is 0 Å². The van der Waals surface area contributed by atoms with Crippen molar-refractivity contribution in [3.05, 3.63) is 46.7 Å². The van der Waals surface area contributed by atoms with E-state index in [2.05, 4.69) is 5.10 Å². The predicted molar refractivity (Wildman–Crippen MR) is 91.7 cm³/mol. The zero-order valence-corrected chi connectivity index (χ0v) is 14.6. The van der Waals surface area contributed by atoms with E-state index in [4.69, 9.17) is 16.7 Å². The summed E-state index contributed by atoms with van der Waals surface area (Å²) in [4.78, 5) is 25.1. The first kappa shape index (κ1) is 18.0. The maximum atomic E-state index is 12.7. The van der Waals surface area contributed by atoms with Crippen LogP contribution in [-0.2, 0) is 4.79 Å². The summed E-state index contributed by atoms with van der Waals surface area (Å²) >= 11 is 6.00. The molecule has 0 aliphatic carbocycles. The molecule has 1 unspecified atom stereocenters. The highest BCUT2D eigenvalue weighted by Crippen LogP contribution is 2.18. The van der Waals surface area contributed by atoms with Crippen LogP contribution in [0.4, 0.5) is 0 Å². The number of carbonyl (C=O) groups excluding carboxylic acids is 1. The van der Waals surface area contributed by atoms with Gasteiger partial charge in [-0.3, -0.25) is 9.59 Å². The molecule has 2 aromatic rings. The second kappa shape index (κ2) is 7.49. The Morgan fingerprint density at radius 3 is 2.67 bits per heavy atom. The van der Waals surface area contributed by atoms with Crippen molar-refractivity contribution in [1.82, 2.24) is 14.7 Å². The molecule has 0 saturated carbocycles. The van der Waals surface area contributed by atoms with Crippen molar-refractivity contribution in [2.75, 3.05) is 6.54 Å². The fraction of sp³-hybridized carbons (Fsp3) is 0.353. The van der Waals surface area contributed by atoms with Gasteiger partial charge < -0.3 is 10.0 Å². The molecular weight excluding hydrogens is 330 g/mol. The number of hydrogen-bond acceptors (Lipinski definition) is 3. The lowest BCUT2D eigenvalue weighted by Gasteiger charge is -2.26. The smallest absolute Gasteiger partial charge is 0.323 e. The Morgan fingerprint density at radius 2 is 2.08 bits per heavy atom. The fourth-order valence-electron chi connectivity index (χ4n) is 2.39. The Hall–Kier alpha value is -2.34. The van der Waals surface area contributed by atoms with Crippen LogP contribution in [0.2, 0.25) is 5.02 Å². The van der Waals surface area contributed by atoms with Crippen LogP contribution in [0.25, 0.3) is 5.69 Å². The van der Waals surface area contributed by atoms with E-state index in [-0.39, 0.29) is 18.3 Å². The Kier molecular flexibility index (Phi) is 5.62. The lowest BCUT2D eigenvalue weighted by molar-refractivity contribution is -0.138. The van der Waals surface area contributed by atoms with E-state index in [0.717, 1.165) is 11.4 Å². The van der Waals surface area contributed by atoms with Crippen molar-refractivity contribution in [2.45, 2.75) is 33.2 Å². The van der Waals surface area contributed by atoms with Crippen molar-refractivity contribution in [1.29, 1.82) is 0 Å². The van der Waals surface area contributed by atoms with Gasteiger partial charge in [-0.05, 0) is 44.5 Å². The van der Waals surface area contributed by atoms with E-state index in [1.54, 1.807) is 28.9 Å². The van der Waals surface area contributed by atoms with E-state index in [0.29, 0.717) is 11.4 Å². The van der Waals surface area contributed by atoms with Gasteiger partial charge in [0.1, 0.15) is 6.54 Å². The van der Waals surface area contributed by atoms with Crippen molar-refractivity contribution < 1.29 is 14.7 Å². The first-order valence-corrected chi connectivity index (χ1v) is 8.06. The molecule has 0 saturated heterocycles. The number of carboxylic acids is 1. The lowest BCUT2D eigenvalue weighted by Crippen LogP contribution is -2.42. The maximum Gasteiger partial charge on any atom is 0.323 e. The lowest BCUT2D eigenvalue weighted by atomic mass is 10.2. The maximum absolute atomic E-state index is 12.7. The summed E-state index contributed by atoms with van der Waals surface area (Å²) in [7, 11) is 0.